The number of thiazole rings is 1. The number of hydrogen-bond acceptors (Lipinski definition) is 7. The van der Waals surface area contributed by atoms with Crippen molar-refractivity contribution in [1.29, 1.82) is 0 Å². The summed E-state index contributed by atoms with van der Waals surface area (Å²) in [5, 5.41) is 16.1. The quantitative estimate of drug-likeness (QED) is 0.509. The topological polar surface area (TPSA) is 105 Å². The molecule has 1 aromatic carbocycles. The molecule has 1 unspecified atom stereocenters. The number of amides is 2. The molecule has 2 aromatic rings. The third-order valence-corrected chi connectivity index (χ3v) is 6.97. The van der Waals surface area contributed by atoms with Gasteiger partial charge >= 0.3 is 0 Å². The molecule has 1 N–H and O–H groups in total. The van der Waals surface area contributed by atoms with E-state index < -0.39 is 10.8 Å². The number of aryl methyl sites for hydroxylation is 1. The van der Waals surface area contributed by atoms with E-state index in [0.717, 1.165) is 31.6 Å². The highest BCUT2D eigenvalue weighted by atomic mass is 32.2. The third-order valence-electron chi connectivity index (χ3n) is 4.85. The molecule has 0 saturated carbocycles. The molecule has 3 rings (SSSR count). The van der Waals surface area contributed by atoms with Crippen molar-refractivity contribution in [3.05, 3.63) is 45.0 Å². The minimum atomic E-state index is -0.499. The van der Waals surface area contributed by atoms with Crippen molar-refractivity contribution in [1.82, 2.24) is 15.2 Å². The number of nitrogens with one attached hydrogen (secondary N) is 1. The van der Waals surface area contributed by atoms with Gasteiger partial charge in [0, 0.05) is 48.8 Å². The zero-order chi connectivity index (χ0) is 21.7. The Morgan fingerprint density at radius 1 is 1.43 bits per heavy atom. The summed E-state index contributed by atoms with van der Waals surface area (Å²) in [5.74, 6) is 0.0976. The van der Waals surface area contributed by atoms with Crippen LogP contribution in [0.15, 0.2) is 32.8 Å². The number of benzene rings is 1. The van der Waals surface area contributed by atoms with E-state index in [1.165, 1.54) is 29.2 Å². The van der Waals surface area contributed by atoms with Gasteiger partial charge in [0.25, 0.3) is 11.6 Å². The minimum absolute atomic E-state index is 0.0262. The van der Waals surface area contributed by atoms with Gasteiger partial charge in [-0.05, 0) is 37.8 Å². The molecule has 0 radical (unpaired) electrons. The van der Waals surface area contributed by atoms with Crippen molar-refractivity contribution in [3.63, 3.8) is 0 Å². The Morgan fingerprint density at radius 3 is 2.90 bits per heavy atom. The largest absolute Gasteiger partial charge is 0.352 e. The van der Waals surface area contributed by atoms with Crippen LogP contribution in [0.25, 0.3) is 0 Å². The van der Waals surface area contributed by atoms with Gasteiger partial charge in [-0.1, -0.05) is 18.7 Å². The zero-order valence-electron chi connectivity index (χ0n) is 16.9. The highest BCUT2D eigenvalue weighted by molar-refractivity contribution is 8.01. The van der Waals surface area contributed by atoms with Crippen LogP contribution >= 0.6 is 23.1 Å². The summed E-state index contributed by atoms with van der Waals surface area (Å²) in [4.78, 5) is 42.3. The summed E-state index contributed by atoms with van der Waals surface area (Å²) in [6.07, 6.45) is 2.36. The van der Waals surface area contributed by atoms with Crippen molar-refractivity contribution in [2.24, 2.45) is 5.92 Å². The molecule has 1 fully saturated rings. The van der Waals surface area contributed by atoms with Crippen molar-refractivity contribution in [2.75, 3.05) is 19.6 Å². The summed E-state index contributed by atoms with van der Waals surface area (Å²) in [6, 6.07) is 4.39. The Morgan fingerprint density at radius 2 is 2.23 bits per heavy atom. The lowest BCUT2D eigenvalue weighted by Gasteiger charge is -2.31. The first kappa shape index (κ1) is 22.2. The van der Waals surface area contributed by atoms with Crippen LogP contribution in [-0.2, 0) is 4.79 Å². The minimum Gasteiger partial charge on any atom is -0.352 e. The maximum atomic E-state index is 12.4. The van der Waals surface area contributed by atoms with E-state index >= 15 is 0 Å². The van der Waals surface area contributed by atoms with Crippen molar-refractivity contribution in [3.8, 4) is 0 Å². The highest BCUT2D eigenvalue weighted by Gasteiger charge is 2.22. The van der Waals surface area contributed by atoms with Crippen LogP contribution in [0.5, 0.6) is 0 Å². The first-order valence-electron chi connectivity index (χ1n) is 9.78. The van der Waals surface area contributed by atoms with E-state index in [9.17, 15) is 19.7 Å². The van der Waals surface area contributed by atoms with E-state index in [1.54, 1.807) is 12.1 Å². The average molecular weight is 449 g/mol. The molecular weight excluding hydrogens is 424 g/mol. The number of nitro benzene ring substituents is 1. The summed E-state index contributed by atoms with van der Waals surface area (Å²) in [6.45, 7) is 5.72. The summed E-state index contributed by atoms with van der Waals surface area (Å²) in [5.41, 5.74) is 0.911. The van der Waals surface area contributed by atoms with E-state index in [4.69, 9.17) is 0 Å². The summed E-state index contributed by atoms with van der Waals surface area (Å²) in [7, 11) is 0. The fourth-order valence-electron chi connectivity index (χ4n) is 3.32. The number of aromatic nitrogens is 1. The third kappa shape index (κ3) is 5.79. The van der Waals surface area contributed by atoms with Gasteiger partial charge in [-0.2, -0.15) is 0 Å². The second kappa shape index (κ2) is 10.0. The number of rotatable bonds is 7. The van der Waals surface area contributed by atoms with Gasteiger partial charge in [0.2, 0.25) is 5.91 Å². The molecule has 1 aliphatic heterocycles. The Kier molecular flexibility index (Phi) is 7.43. The number of carbonyl (C=O) groups excluding carboxylic acids is 2. The molecule has 1 atom stereocenters. The van der Waals surface area contributed by atoms with Gasteiger partial charge in [0.05, 0.1) is 9.82 Å². The average Bonchev–Trinajstić information content (AvgIpc) is 3.12. The van der Waals surface area contributed by atoms with Crippen LogP contribution in [0.4, 0.5) is 5.69 Å². The molecule has 8 nitrogen and oxygen atoms in total. The molecule has 2 amide bonds. The molecule has 1 aliphatic rings. The smallest absolute Gasteiger partial charge is 0.284 e. The van der Waals surface area contributed by atoms with Crippen molar-refractivity contribution < 1.29 is 14.5 Å². The van der Waals surface area contributed by atoms with Gasteiger partial charge in [0.1, 0.15) is 0 Å². The predicted molar refractivity (Wildman–Crippen MR) is 116 cm³/mol. The molecule has 0 bridgehead atoms. The maximum Gasteiger partial charge on any atom is 0.284 e. The van der Waals surface area contributed by atoms with Gasteiger partial charge in [-0.15, -0.1) is 11.3 Å². The van der Waals surface area contributed by atoms with Gasteiger partial charge in [-0.25, -0.2) is 4.98 Å². The second-order valence-corrected chi connectivity index (χ2v) is 9.54. The van der Waals surface area contributed by atoms with Crippen LogP contribution in [0.2, 0.25) is 0 Å². The Hall–Kier alpha value is -2.46. The van der Waals surface area contributed by atoms with Crippen molar-refractivity contribution >= 4 is 40.6 Å². The molecule has 0 spiro atoms. The zero-order valence-corrected chi connectivity index (χ0v) is 18.6. The lowest BCUT2D eigenvalue weighted by atomic mass is 10.00. The monoisotopic (exact) mass is 448 g/mol. The molecule has 1 aromatic heterocycles. The lowest BCUT2D eigenvalue weighted by molar-refractivity contribution is -0.387. The molecule has 30 heavy (non-hydrogen) atoms. The molecule has 1 saturated heterocycles. The Balaban J connectivity index is 1.59. The number of nitrogens with zero attached hydrogens (tertiary/aromatic N) is 3. The second-order valence-electron chi connectivity index (χ2n) is 7.39. The van der Waals surface area contributed by atoms with E-state index in [2.05, 4.69) is 17.2 Å². The molecule has 160 valence electrons. The van der Waals surface area contributed by atoms with Crippen LogP contribution in [0, 0.1) is 23.0 Å². The normalized spacial score (nSPS) is 16.3. The van der Waals surface area contributed by atoms with Gasteiger partial charge in [-0.3, -0.25) is 19.7 Å². The number of carbonyl (C=O) groups is 2. The van der Waals surface area contributed by atoms with Crippen LogP contribution in [-0.4, -0.2) is 46.3 Å². The fraction of sp³-hybridized carbons (Fsp3) is 0.450. The SMILES string of the molecule is Cc1csc(Sc2ccc(C(=O)NCCC(=O)N3CCCC(C)C3)cc2[N+](=O)[O-])n1. The van der Waals surface area contributed by atoms with Gasteiger partial charge in [0.15, 0.2) is 4.34 Å². The first-order chi connectivity index (χ1) is 14.3. The predicted octanol–water partition coefficient (Wildman–Crippen LogP) is 3.89. The molecular formula is C20H24N4O4S2. The van der Waals surface area contributed by atoms with Gasteiger partial charge < -0.3 is 10.2 Å². The van der Waals surface area contributed by atoms with Crippen LogP contribution in [0.1, 0.15) is 42.2 Å². The Labute approximate surface area is 183 Å². The first-order valence-corrected chi connectivity index (χ1v) is 11.5. The molecule has 2 heterocycles. The van der Waals surface area contributed by atoms with E-state index in [-0.39, 0.29) is 30.1 Å². The summed E-state index contributed by atoms with van der Waals surface area (Å²) >= 11 is 2.62. The highest BCUT2D eigenvalue weighted by Crippen LogP contribution is 2.36. The van der Waals surface area contributed by atoms with E-state index in [1.807, 2.05) is 17.2 Å². The molecule has 0 aliphatic carbocycles. The van der Waals surface area contributed by atoms with E-state index in [0.29, 0.717) is 15.2 Å². The van der Waals surface area contributed by atoms with Crippen molar-refractivity contribution in [2.45, 2.75) is 42.3 Å². The number of nitro groups is 1. The van der Waals surface area contributed by atoms with Crippen LogP contribution < -0.4 is 5.32 Å². The van der Waals surface area contributed by atoms with Crippen LogP contribution in [0.3, 0.4) is 0 Å². The fourth-order valence-corrected chi connectivity index (χ4v) is 5.20. The maximum absolute atomic E-state index is 12.4. The number of hydrogen-bond donors (Lipinski definition) is 1. The number of likely N-dealkylation sites (tertiary alicyclic amines) is 1. The Bertz CT molecular complexity index is 947. The summed E-state index contributed by atoms with van der Waals surface area (Å²) < 4.78 is 0.707. The standard InChI is InChI=1S/C20H24N4O4S2/c1-13-4-3-9-23(11-13)18(25)7-8-21-19(26)15-5-6-17(16(10-15)24(27)28)30-20-22-14(2)12-29-20/h5-6,10,12-13H,3-4,7-9,11H2,1-2H3,(H,21,26). The molecule has 10 heteroatoms. The number of piperidine rings is 1. The lowest BCUT2D eigenvalue weighted by Crippen LogP contribution is -2.40.